The van der Waals surface area contributed by atoms with Crippen molar-refractivity contribution < 1.29 is 4.79 Å². The Morgan fingerprint density at radius 1 is 1.75 bits per heavy atom. The zero-order chi connectivity index (χ0) is 6.41. The Bertz CT molecular complexity index is 96.7. The van der Waals surface area contributed by atoms with Crippen molar-refractivity contribution in [3.8, 4) is 0 Å². The normalized spacial score (nSPS) is 10.2. The lowest BCUT2D eigenvalue weighted by molar-refractivity contribution is -0.117. The molecule has 0 N–H and O–H groups in total. The Morgan fingerprint density at radius 2 is 2.38 bits per heavy atom. The minimum absolute atomic E-state index is 0.224. The fourth-order valence-corrected chi connectivity index (χ4v) is 0.409. The highest BCUT2D eigenvalue weighted by Gasteiger charge is 1.90. The number of carbonyl (C=O) groups excluding carboxylic acids is 1. The molecule has 46 valence electrons. The molecule has 0 aromatic rings. The fourth-order valence-electron chi connectivity index (χ4n) is 0.320. The third-order valence-electron chi connectivity index (χ3n) is 0.829. The molecule has 0 aliphatic carbocycles. The molecule has 0 atom stereocenters. The Labute approximate surface area is 54.3 Å². The van der Waals surface area contributed by atoms with E-state index in [4.69, 9.17) is 11.6 Å². The predicted octanol–water partition coefficient (Wildman–Crippen LogP) is 2.11. The quantitative estimate of drug-likeness (QED) is 0.575. The average molecular weight is 133 g/mol. The molecule has 0 bridgehead atoms. The predicted molar refractivity (Wildman–Crippen MR) is 34.9 cm³/mol. The van der Waals surface area contributed by atoms with E-state index in [9.17, 15) is 4.79 Å². The van der Waals surface area contributed by atoms with E-state index in [1.165, 1.54) is 5.54 Å². The second-order valence-electron chi connectivity index (χ2n) is 1.46. The Balaban J connectivity index is 3.25. The maximum atomic E-state index is 10.5. The van der Waals surface area contributed by atoms with Gasteiger partial charge in [0.25, 0.3) is 0 Å². The van der Waals surface area contributed by atoms with E-state index in [1.54, 1.807) is 6.08 Å². The van der Waals surface area contributed by atoms with Gasteiger partial charge in [-0.25, -0.2) is 0 Å². The van der Waals surface area contributed by atoms with Crippen LogP contribution in [0.3, 0.4) is 0 Å². The number of Topliss-reactive ketones (excluding diaryl/α,β-unsaturated/α-hetero) is 1. The number of allylic oxidation sites excluding steroid dienone is 1. The molecule has 1 nitrogen and oxygen atoms in total. The van der Waals surface area contributed by atoms with Crippen LogP contribution >= 0.6 is 11.6 Å². The van der Waals surface area contributed by atoms with Gasteiger partial charge in [0.15, 0.2) is 0 Å². The van der Waals surface area contributed by atoms with Crippen LogP contribution in [-0.2, 0) is 4.79 Å². The Morgan fingerprint density at radius 3 is 2.75 bits per heavy atom. The SMILES string of the molecule is CCC(=O)C/C=C\Cl. The molecule has 0 saturated heterocycles. The summed E-state index contributed by atoms with van der Waals surface area (Å²) in [6.07, 6.45) is 2.72. The summed E-state index contributed by atoms with van der Waals surface area (Å²) < 4.78 is 0. The van der Waals surface area contributed by atoms with E-state index in [0.717, 1.165) is 0 Å². The summed E-state index contributed by atoms with van der Waals surface area (Å²) in [6, 6.07) is 0. The first-order chi connectivity index (χ1) is 3.81. The van der Waals surface area contributed by atoms with Gasteiger partial charge < -0.3 is 0 Å². The number of ketones is 1. The summed E-state index contributed by atoms with van der Waals surface area (Å²) in [4.78, 5) is 10.5. The van der Waals surface area contributed by atoms with Crippen LogP contribution in [0.2, 0.25) is 0 Å². The summed E-state index contributed by atoms with van der Waals surface area (Å²) in [7, 11) is 0. The van der Waals surface area contributed by atoms with Crippen LogP contribution in [0.25, 0.3) is 0 Å². The van der Waals surface area contributed by atoms with Crippen LogP contribution < -0.4 is 0 Å². The molecule has 0 unspecified atom stereocenters. The summed E-state index contributed by atoms with van der Waals surface area (Å²) in [5.41, 5.74) is 1.37. The fraction of sp³-hybridized carbons (Fsp3) is 0.500. The second-order valence-corrected chi connectivity index (χ2v) is 1.71. The summed E-state index contributed by atoms with van der Waals surface area (Å²) in [6.45, 7) is 1.84. The molecule has 0 amide bonds. The van der Waals surface area contributed by atoms with Gasteiger partial charge in [-0.2, -0.15) is 0 Å². The third-order valence-corrected chi connectivity index (χ3v) is 1.01. The van der Waals surface area contributed by atoms with Crippen LogP contribution in [0, 0.1) is 0 Å². The van der Waals surface area contributed by atoms with Crippen molar-refractivity contribution in [1.29, 1.82) is 0 Å². The van der Waals surface area contributed by atoms with E-state index >= 15 is 0 Å². The summed E-state index contributed by atoms with van der Waals surface area (Å²) in [5.74, 6) is 0.224. The van der Waals surface area contributed by atoms with Gasteiger partial charge in [0.2, 0.25) is 0 Å². The zero-order valence-corrected chi connectivity index (χ0v) is 5.61. The molecular weight excluding hydrogens is 124 g/mol. The van der Waals surface area contributed by atoms with E-state index in [0.29, 0.717) is 12.8 Å². The summed E-state index contributed by atoms with van der Waals surface area (Å²) >= 11 is 5.17. The summed E-state index contributed by atoms with van der Waals surface area (Å²) in [5, 5.41) is 0. The van der Waals surface area contributed by atoms with Crippen molar-refractivity contribution in [2.75, 3.05) is 0 Å². The smallest absolute Gasteiger partial charge is 0.136 e. The van der Waals surface area contributed by atoms with Gasteiger partial charge >= 0.3 is 0 Å². The molecular formula is C6H9ClO. The monoisotopic (exact) mass is 132 g/mol. The lowest BCUT2D eigenvalue weighted by Gasteiger charge is -1.84. The Kier molecular flexibility index (Phi) is 4.67. The highest BCUT2D eigenvalue weighted by Crippen LogP contribution is 1.90. The number of rotatable bonds is 3. The van der Waals surface area contributed by atoms with Crippen molar-refractivity contribution in [2.24, 2.45) is 0 Å². The maximum Gasteiger partial charge on any atom is 0.136 e. The molecule has 0 rings (SSSR count). The minimum atomic E-state index is 0.224. The highest BCUT2D eigenvalue weighted by molar-refractivity contribution is 6.25. The van der Waals surface area contributed by atoms with Gasteiger partial charge in [-0.3, -0.25) is 4.79 Å². The van der Waals surface area contributed by atoms with Gasteiger partial charge in [-0.05, 0) is 0 Å². The number of halogens is 1. The highest BCUT2D eigenvalue weighted by atomic mass is 35.5. The molecule has 0 heterocycles. The van der Waals surface area contributed by atoms with Crippen molar-refractivity contribution >= 4 is 17.4 Å². The van der Waals surface area contributed by atoms with Gasteiger partial charge in [0, 0.05) is 18.4 Å². The second kappa shape index (κ2) is 4.85. The van der Waals surface area contributed by atoms with E-state index in [2.05, 4.69) is 0 Å². The first-order valence-electron chi connectivity index (χ1n) is 2.58. The van der Waals surface area contributed by atoms with Crippen LogP contribution in [0.5, 0.6) is 0 Å². The molecule has 2 heteroatoms. The molecule has 0 radical (unpaired) electrons. The molecule has 0 fully saturated rings. The van der Waals surface area contributed by atoms with Crippen molar-refractivity contribution in [2.45, 2.75) is 19.8 Å². The van der Waals surface area contributed by atoms with Crippen LogP contribution in [0.4, 0.5) is 0 Å². The molecule has 8 heavy (non-hydrogen) atoms. The maximum absolute atomic E-state index is 10.5. The number of hydrogen-bond acceptors (Lipinski definition) is 1. The average Bonchev–Trinajstić information content (AvgIpc) is 1.83. The topological polar surface area (TPSA) is 17.1 Å². The van der Waals surface area contributed by atoms with Gasteiger partial charge in [-0.15, -0.1) is 0 Å². The van der Waals surface area contributed by atoms with Gasteiger partial charge in [-0.1, -0.05) is 24.6 Å². The van der Waals surface area contributed by atoms with E-state index in [-0.39, 0.29) is 5.78 Å². The standard InChI is InChI=1S/C6H9ClO/c1-2-6(8)4-3-5-7/h3,5H,2,4H2,1H3/b5-3-. The largest absolute Gasteiger partial charge is 0.299 e. The van der Waals surface area contributed by atoms with Crippen LogP contribution in [-0.4, -0.2) is 5.78 Å². The lowest BCUT2D eigenvalue weighted by atomic mass is 10.2. The van der Waals surface area contributed by atoms with E-state index in [1.807, 2.05) is 6.92 Å². The first-order valence-corrected chi connectivity index (χ1v) is 3.01. The van der Waals surface area contributed by atoms with Crippen molar-refractivity contribution in [3.05, 3.63) is 11.6 Å². The third kappa shape index (κ3) is 3.88. The Hall–Kier alpha value is -0.300. The molecule has 0 aromatic heterocycles. The van der Waals surface area contributed by atoms with Crippen LogP contribution in [0.1, 0.15) is 19.8 Å². The molecule has 0 aliphatic rings. The molecule has 0 aliphatic heterocycles. The van der Waals surface area contributed by atoms with Crippen molar-refractivity contribution in [3.63, 3.8) is 0 Å². The molecule has 0 aromatic carbocycles. The minimum Gasteiger partial charge on any atom is -0.299 e. The zero-order valence-electron chi connectivity index (χ0n) is 4.86. The van der Waals surface area contributed by atoms with Crippen LogP contribution in [0.15, 0.2) is 11.6 Å². The van der Waals surface area contributed by atoms with Gasteiger partial charge in [0.05, 0.1) is 0 Å². The number of hydrogen-bond donors (Lipinski definition) is 0. The first kappa shape index (κ1) is 7.70. The molecule has 0 saturated carbocycles. The van der Waals surface area contributed by atoms with Gasteiger partial charge in [0.1, 0.15) is 5.78 Å². The lowest BCUT2D eigenvalue weighted by Crippen LogP contribution is -1.89. The molecule has 0 spiro atoms. The van der Waals surface area contributed by atoms with E-state index < -0.39 is 0 Å². The van der Waals surface area contributed by atoms with Crippen molar-refractivity contribution in [1.82, 2.24) is 0 Å². The number of carbonyl (C=O) groups is 1.